The number of hydrogen-bond acceptors (Lipinski definition) is 4. The van der Waals surface area contributed by atoms with Crippen molar-refractivity contribution in [1.82, 2.24) is 15.2 Å². The van der Waals surface area contributed by atoms with Gasteiger partial charge in [-0.05, 0) is 48.1 Å². The SMILES string of the molecule is CCc1ccc(/C=C2/SC3CCCCC3N(CC(=O)NCc3cccnc3)C2=O)cc1. The number of rotatable bonds is 6. The first-order valence-corrected chi connectivity index (χ1v) is 12.0. The molecule has 162 valence electrons. The minimum atomic E-state index is -0.125. The molecular weight excluding hydrogens is 406 g/mol. The van der Waals surface area contributed by atoms with Crippen LogP contribution in [-0.4, -0.2) is 39.5 Å². The lowest BCUT2D eigenvalue weighted by Crippen LogP contribution is -2.54. The number of thioether (sulfide) groups is 1. The maximum absolute atomic E-state index is 13.4. The Morgan fingerprint density at radius 1 is 1.19 bits per heavy atom. The van der Waals surface area contributed by atoms with Crippen molar-refractivity contribution < 1.29 is 9.59 Å². The molecular formula is C25H29N3O2S. The van der Waals surface area contributed by atoms with E-state index < -0.39 is 0 Å². The molecule has 2 unspecified atom stereocenters. The Bertz CT molecular complexity index is 943. The number of nitrogens with zero attached hydrogens (tertiary/aromatic N) is 2. The second kappa shape index (κ2) is 10.1. The maximum atomic E-state index is 13.4. The predicted molar refractivity (Wildman–Crippen MR) is 125 cm³/mol. The lowest BCUT2D eigenvalue weighted by molar-refractivity contribution is -0.135. The van der Waals surface area contributed by atoms with Crippen LogP contribution < -0.4 is 5.32 Å². The van der Waals surface area contributed by atoms with Crippen molar-refractivity contribution in [3.63, 3.8) is 0 Å². The van der Waals surface area contributed by atoms with Crippen LogP contribution in [0.5, 0.6) is 0 Å². The third kappa shape index (κ3) is 5.37. The highest BCUT2D eigenvalue weighted by Crippen LogP contribution is 2.42. The Labute approximate surface area is 188 Å². The number of pyridine rings is 1. The van der Waals surface area contributed by atoms with E-state index in [1.54, 1.807) is 24.2 Å². The highest BCUT2D eigenvalue weighted by molar-refractivity contribution is 8.04. The van der Waals surface area contributed by atoms with Gasteiger partial charge in [-0.3, -0.25) is 14.6 Å². The highest BCUT2D eigenvalue weighted by Gasteiger charge is 2.41. The van der Waals surface area contributed by atoms with Crippen molar-refractivity contribution in [2.75, 3.05) is 6.54 Å². The van der Waals surface area contributed by atoms with E-state index in [9.17, 15) is 9.59 Å². The van der Waals surface area contributed by atoms with Crippen molar-refractivity contribution in [2.45, 2.75) is 56.9 Å². The van der Waals surface area contributed by atoms with Crippen LogP contribution in [0.1, 0.15) is 49.3 Å². The Morgan fingerprint density at radius 2 is 2.00 bits per heavy atom. The first-order chi connectivity index (χ1) is 15.1. The molecule has 0 spiro atoms. The van der Waals surface area contributed by atoms with Gasteiger partial charge < -0.3 is 10.2 Å². The first-order valence-electron chi connectivity index (χ1n) is 11.1. The molecule has 2 aliphatic rings. The fourth-order valence-electron chi connectivity index (χ4n) is 4.28. The molecule has 2 heterocycles. The van der Waals surface area contributed by atoms with Crippen molar-refractivity contribution in [1.29, 1.82) is 0 Å². The first kappa shape index (κ1) is 21.6. The Hall–Kier alpha value is -2.60. The van der Waals surface area contributed by atoms with Gasteiger partial charge in [0.2, 0.25) is 5.91 Å². The van der Waals surface area contributed by atoms with E-state index in [4.69, 9.17) is 0 Å². The molecule has 2 atom stereocenters. The summed E-state index contributed by atoms with van der Waals surface area (Å²) in [6, 6.07) is 12.3. The molecule has 31 heavy (non-hydrogen) atoms. The Balaban J connectivity index is 1.49. The summed E-state index contributed by atoms with van der Waals surface area (Å²) in [5, 5.41) is 3.30. The minimum absolute atomic E-state index is 0.0238. The molecule has 5 nitrogen and oxygen atoms in total. The number of nitrogens with one attached hydrogen (secondary N) is 1. The molecule has 1 aromatic heterocycles. The molecule has 2 amide bonds. The van der Waals surface area contributed by atoms with E-state index in [1.165, 1.54) is 12.0 Å². The maximum Gasteiger partial charge on any atom is 0.261 e. The zero-order valence-corrected chi connectivity index (χ0v) is 18.7. The number of aryl methyl sites for hydroxylation is 1. The molecule has 1 saturated carbocycles. The fraction of sp³-hybridized carbons (Fsp3) is 0.400. The summed E-state index contributed by atoms with van der Waals surface area (Å²) in [4.78, 5) is 32.7. The van der Waals surface area contributed by atoms with Gasteiger partial charge >= 0.3 is 0 Å². The van der Waals surface area contributed by atoms with Gasteiger partial charge in [-0.15, -0.1) is 11.8 Å². The number of benzene rings is 1. The van der Waals surface area contributed by atoms with Crippen molar-refractivity contribution in [2.24, 2.45) is 0 Å². The molecule has 1 aliphatic heterocycles. The van der Waals surface area contributed by atoms with Gasteiger partial charge in [0.25, 0.3) is 5.91 Å². The van der Waals surface area contributed by atoms with Gasteiger partial charge in [-0.2, -0.15) is 0 Å². The fourth-order valence-corrected chi connectivity index (χ4v) is 5.75. The van der Waals surface area contributed by atoms with Gasteiger partial charge in [0, 0.05) is 30.2 Å². The molecule has 1 N–H and O–H groups in total. The number of aromatic nitrogens is 1. The van der Waals surface area contributed by atoms with E-state index >= 15 is 0 Å². The average Bonchev–Trinajstić information content (AvgIpc) is 2.81. The van der Waals surface area contributed by atoms with E-state index in [0.29, 0.717) is 11.8 Å². The normalized spacial score (nSPS) is 22.3. The predicted octanol–water partition coefficient (Wildman–Crippen LogP) is 4.19. The summed E-state index contributed by atoms with van der Waals surface area (Å²) in [5.41, 5.74) is 3.26. The van der Waals surface area contributed by atoms with Crippen molar-refractivity contribution in [3.05, 3.63) is 70.4 Å². The van der Waals surface area contributed by atoms with E-state index in [-0.39, 0.29) is 24.4 Å². The summed E-state index contributed by atoms with van der Waals surface area (Å²) in [7, 11) is 0. The standard InChI is InChI=1S/C25H29N3O2S/c1-2-18-9-11-19(12-10-18)14-23-25(30)28(21-7-3-4-8-22(21)31-23)17-24(29)27-16-20-6-5-13-26-15-20/h5-6,9-15,21-22H,2-4,7-8,16-17H2,1H3,(H,27,29)/b23-14+. The molecule has 2 aromatic rings. The molecule has 4 rings (SSSR count). The summed E-state index contributed by atoms with van der Waals surface area (Å²) >= 11 is 1.70. The van der Waals surface area contributed by atoms with Crippen LogP contribution in [0.2, 0.25) is 0 Å². The molecule has 0 radical (unpaired) electrons. The van der Waals surface area contributed by atoms with Gasteiger partial charge in [-0.25, -0.2) is 0 Å². The molecule has 2 fully saturated rings. The number of carbonyl (C=O) groups excluding carboxylic acids is 2. The monoisotopic (exact) mass is 435 g/mol. The van der Waals surface area contributed by atoms with Gasteiger partial charge in [0.15, 0.2) is 0 Å². The minimum Gasteiger partial charge on any atom is -0.350 e. The van der Waals surface area contributed by atoms with E-state index in [1.807, 2.05) is 23.1 Å². The lowest BCUT2D eigenvalue weighted by Gasteiger charge is -2.43. The van der Waals surface area contributed by atoms with Crippen LogP contribution in [0.15, 0.2) is 53.7 Å². The molecule has 1 saturated heterocycles. The number of hydrogen-bond donors (Lipinski definition) is 1. The molecule has 1 aromatic carbocycles. The summed E-state index contributed by atoms with van der Waals surface area (Å²) in [6.45, 7) is 2.66. The third-order valence-electron chi connectivity index (χ3n) is 6.03. The third-order valence-corrected chi connectivity index (χ3v) is 7.43. The van der Waals surface area contributed by atoms with Gasteiger partial charge in [0.05, 0.1) is 4.91 Å². The van der Waals surface area contributed by atoms with Gasteiger partial charge in [-0.1, -0.05) is 50.1 Å². The zero-order valence-electron chi connectivity index (χ0n) is 17.9. The topological polar surface area (TPSA) is 62.3 Å². The Morgan fingerprint density at radius 3 is 2.74 bits per heavy atom. The van der Waals surface area contributed by atoms with Crippen LogP contribution in [0.3, 0.4) is 0 Å². The van der Waals surface area contributed by atoms with E-state index in [0.717, 1.165) is 41.7 Å². The number of carbonyl (C=O) groups is 2. The summed E-state index contributed by atoms with van der Waals surface area (Å²) in [5.74, 6) is -0.149. The Kier molecular flexibility index (Phi) is 7.07. The number of fused-ring (bicyclic) bond motifs is 1. The smallest absolute Gasteiger partial charge is 0.261 e. The number of amides is 2. The summed E-state index contributed by atoms with van der Waals surface area (Å²) in [6.07, 6.45) is 10.8. The van der Waals surface area contributed by atoms with Crippen LogP contribution >= 0.6 is 11.8 Å². The van der Waals surface area contributed by atoms with Crippen molar-refractivity contribution in [3.8, 4) is 0 Å². The summed E-state index contributed by atoms with van der Waals surface area (Å²) < 4.78 is 0. The van der Waals surface area contributed by atoms with Crippen molar-refractivity contribution >= 4 is 29.7 Å². The molecule has 6 heteroatoms. The molecule has 1 aliphatic carbocycles. The lowest BCUT2D eigenvalue weighted by atomic mass is 9.93. The van der Waals surface area contributed by atoms with Crippen LogP contribution in [0.25, 0.3) is 6.08 Å². The molecule has 0 bridgehead atoms. The second-order valence-electron chi connectivity index (χ2n) is 8.18. The largest absolute Gasteiger partial charge is 0.350 e. The zero-order chi connectivity index (χ0) is 21.6. The van der Waals surface area contributed by atoms with Crippen LogP contribution in [0, 0.1) is 0 Å². The van der Waals surface area contributed by atoms with Gasteiger partial charge in [0.1, 0.15) is 6.54 Å². The van der Waals surface area contributed by atoms with Crippen LogP contribution in [-0.2, 0) is 22.6 Å². The highest BCUT2D eigenvalue weighted by atomic mass is 32.2. The second-order valence-corrected chi connectivity index (χ2v) is 9.46. The van der Waals surface area contributed by atoms with Crippen LogP contribution in [0.4, 0.5) is 0 Å². The van der Waals surface area contributed by atoms with E-state index in [2.05, 4.69) is 41.5 Å². The average molecular weight is 436 g/mol. The quantitative estimate of drug-likeness (QED) is 0.691.